The van der Waals surface area contributed by atoms with Crippen molar-refractivity contribution >= 4 is 0 Å². The van der Waals surface area contributed by atoms with Gasteiger partial charge in [-0.25, -0.2) is 0 Å². The van der Waals surface area contributed by atoms with Crippen molar-refractivity contribution in [1.82, 2.24) is 0 Å². The summed E-state index contributed by atoms with van der Waals surface area (Å²) in [5, 5.41) is 0. The van der Waals surface area contributed by atoms with Gasteiger partial charge in [0, 0.05) is 0 Å². The Hall–Kier alpha value is -1.16. The largest absolute Gasteiger partial charge is 0.461 e. The fourth-order valence-electron chi connectivity index (χ4n) is 0.747. The molecule has 1 heterocycles. The molecule has 0 aromatic rings. The van der Waals surface area contributed by atoms with E-state index in [4.69, 9.17) is 0 Å². The van der Waals surface area contributed by atoms with E-state index in [2.05, 4.69) is 4.74 Å². The van der Waals surface area contributed by atoms with E-state index in [0.717, 1.165) is 0 Å². The van der Waals surface area contributed by atoms with Gasteiger partial charge in [-0.3, -0.25) is 0 Å². The second kappa shape index (κ2) is 3.19. The molecule has 0 bridgehead atoms. The molecular formula is C6F10O. The van der Waals surface area contributed by atoms with Crippen LogP contribution in [0.2, 0.25) is 0 Å². The molecule has 100 valence electrons. The smallest absolute Gasteiger partial charge is 0.445 e. The summed E-state index contributed by atoms with van der Waals surface area (Å²) in [4.78, 5) is 0. The Morgan fingerprint density at radius 1 is 0.529 bits per heavy atom. The molecule has 0 saturated carbocycles. The third-order valence-corrected chi connectivity index (χ3v) is 1.65. The molecule has 0 aliphatic carbocycles. The van der Waals surface area contributed by atoms with Gasteiger partial charge in [-0.05, 0) is 0 Å². The molecule has 0 aromatic heterocycles. The summed E-state index contributed by atoms with van der Waals surface area (Å²) in [6, 6.07) is 0. The van der Waals surface area contributed by atoms with Gasteiger partial charge in [0.05, 0.1) is 0 Å². The number of halogens is 10. The lowest BCUT2D eigenvalue weighted by Crippen LogP contribution is -2.38. The minimum Gasteiger partial charge on any atom is -0.445 e. The molecule has 0 saturated heterocycles. The van der Waals surface area contributed by atoms with Gasteiger partial charge in [-0.2, -0.15) is 43.9 Å². The molecule has 1 aliphatic heterocycles. The molecule has 1 rings (SSSR count). The van der Waals surface area contributed by atoms with Crippen LogP contribution in [0.4, 0.5) is 43.9 Å². The SMILES string of the molecule is FC(F)(F)C(F)(F)C1=C(C(F)(F)C(F)(F)F)O1. The van der Waals surface area contributed by atoms with Crippen molar-refractivity contribution in [1.29, 1.82) is 0 Å². The maximum atomic E-state index is 12.3. The van der Waals surface area contributed by atoms with Crippen molar-refractivity contribution in [3.63, 3.8) is 0 Å². The summed E-state index contributed by atoms with van der Waals surface area (Å²) >= 11 is 0. The third kappa shape index (κ3) is 2.02. The van der Waals surface area contributed by atoms with Crippen molar-refractivity contribution in [2.45, 2.75) is 24.2 Å². The monoisotopic (exact) mass is 278 g/mol. The van der Waals surface area contributed by atoms with Crippen molar-refractivity contribution in [2.75, 3.05) is 0 Å². The van der Waals surface area contributed by atoms with E-state index in [9.17, 15) is 43.9 Å². The van der Waals surface area contributed by atoms with Crippen LogP contribution in [-0.2, 0) is 4.74 Å². The second-order valence-electron chi connectivity index (χ2n) is 2.90. The molecule has 0 fully saturated rings. The zero-order chi connectivity index (χ0) is 13.9. The zero-order valence-corrected chi connectivity index (χ0v) is 7.19. The quantitative estimate of drug-likeness (QED) is 0.703. The summed E-state index contributed by atoms with van der Waals surface area (Å²) in [6.45, 7) is 0. The van der Waals surface area contributed by atoms with Gasteiger partial charge in [-0.1, -0.05) is 0 Å². The van der Waals surface area contributed by atoms with E-state index >= 15 is 0 Å². The molecule has 0 radical (unpaired) electrons. The maximum Gasteiger partial charge on any atom is 0.461 e. The number of ether oxygens (including phenoxy) is 1. The summed E-state index contributed by atoms with van der Waals surface area (Å²) < 4.78 is 122. The first-order valence-electron chi connectivity index (χ1n) is 3.55. The van der Waals surface area contributed by atoms with Crippen molar-refractivity contribution in [2.24, 2.45) is 0 Å². The third-order valence-electron chi connectivity index (χ3n) is 1.65. The minimum atomic E-state index is -6.31. The summed E-state index contributed by atoms with van der Waals surface area (Å²) in [6.07, 6.45) is -12.6. The average molecular weight is 278 g/mol. The first kappa shape index (κ1) is 13.9. The predicted molar refractivity (Wildman–Crippen MR) is 30.1 cm³/mol. The van der Waals surface area contributed by atoms with Gasteiger partial charge in [0.25, 0.3) is 0 Å². The molecule has 1 aliphatic rings. The molecule has 11 heteroatoms. The molecule has 0 aromatic carbocycles. The van der Waals surface area contributed by atoms with Gasteiger partial charge in [0.15, 0.2) is 0 Å². The predicted octanol–water partition coefficient (Wildman–Crippen LogP) is 3.62. The van der Waals surface area contributed by atoms with Crippen LogP contribution in [0.3, 0.4) is 0 Å². The normalized spacial score (nSPS) is 18.2. The van der Waals surface area contributed by atoms with Gasteiger partial charge in [-0.15, -0.1) is 0 Å². The highest BCUT2D eigenvalue weighted by molar-refractivity contribution is 5.33. The van der Waals surface area contributed by atoms with Crippen LogP contribution in [0.25, 0.3) is 0 Å². The van der Waals surface area contributed by atoms with Crippen LogP contribution < -0.4 is 0 Å². The Morgan fingerprint density at radius 2 is 0.765 bits per heavy atom. The molecule has 0 atom stereocenters. The standard InChI is InChI=1S/C6F10O/c7-3(8,5(11,12)13)1-2(17-1)4(9,10)6(14,15)16. The maximum absolute atomic E-state index is 12.3. The van der Waals surface area contributed by atoms with Crippen LogP contribution in [-0.4, -0.2) is 24.2 Å². The Balaban J connectivity index is 3.09. The zero-order valence-electron chi connectivity index (χ0n) is 7.19. The van der Waals surface area contributed by atoms with E-state index in [0.29, 0.717) is 0 Å². The summed E-state index contributed by atoms with van der Waals surface area (Å²) in [5.74, 6) is -17.2. The van der Waals surface area contributed by atoms with Gasteiger partial charge in [0.2, 0.25) is 11.5 Å². The fraction of sp³-hybridized carbons (Fsp3) is 0.667. The van der Waals surface area contributed by atoms with Crippen molar-refractivity contribution in [3.8, 4) is 0 Å². The molecule has 0 amide bonds. The number of hydrogen-bond acceptors (Lipinski definition) is 1. The minimum absolute atomic E-state index is 2.72. The van der Waals surface area contributed by atoms with Crippen molar-refractivity contribution in [3.05, 3.63) is 11.5 Å². The molecular weight excluding hydrogens is 278 g/mol. The number of allylic oxidation sites excluding steroid dienone is 2. The fourth-order valence-corrected chi connectivity index (χ4v) is 0.747. The molecule has 0 unspecified atom stereocenters. The van der Waals surface area contributed by atoms with E-state index < -0.39 is 35.7 Å². The van der Waals surface area contributed by atoms with Crippen LogP contribution in [0.15, 0.2) is 11.5 Å². The number of hydrogen-bond donors (Lipinski definition) is 0. The van der Waals surface area contributed by atoms with Gasteiger partial charge in [0.1, 0.15) is 0 Å². The van der Waals surface area contributed by atoms with Gasteiger partial charge >= 0.3 is 24.2 Å². The first-order chi connectivity index (χ1) is 7.23. The van der Waals surface area contributed by atoms with E-state index in [-0.39, 0.29) is 0 Å². The lowest BCUT2D eigenvalue weighted by Gasteiger charge is -2.14. The van der Waals surface area contributed by atoms with Crippen LogP contribution >= 0.6 is 0 Å². The molecule has 17 heavy (non-hydrogen) atoms. The first-order valence-corrected chi connectivity index (χ1v) is 3.55. The molecule has 0 N–H and O–H groups in total. The Labute approximate surface area is 85.6 Å². The highest BCUT2D eigenvalue weighted by Crippen LogP contribution is 2.56. The Kier molecular flexibility index (Phi) is 2.61. The van der Waals surface area contributed by atoms with Crippen molar-refractivity contribution < 1.29 is 48.6 Å². The molecule has 1 nitrogen and oxygen atoms in total. The molecule has 0 spiro atoms. The van der Waals surface area contributed by atoms with Crippen LogP contribution in [0.5, 0.6) is 0 Å². The van der Waals surface area contributed by atoms with E-state index in [1.54, 1.807) is 0 Å². The second-order valence-corrected chi connectivity index (χ2v) is 2.90. The highest BCUT2D eigenvalue weighted by Gasteiger charge is 2.75. The topological polar surface area (TPSA) is 12.5 Å². The van der Waals surface area contributed by atoms with Gasteiger partial charge < -0.3 is 4.74 Å². The Morgan fingerprint density at radius 3 is 0.941 bits per heavy atom. The summed E-state index contributed by atoms with van der Waals surface area (Å²) in [5.41, 5.74) is 0. The average Bonchev–Trinajstić information content (AvgIpc) is 2.77. The Bertz CT molecular complexity index is 324. The highest BCUT2D eigenvalue weighted by atomic mass is 19.4. The lowest BCUT2D eigenvalue weighted by atomic mass is 10.2. The number of alkyl halides is 10. The van der Waals surface area contributed by atoms with Crippen LogP contribution in [0, 0.1) is 0 Å². The van der Waals surface area contributed by atoms with Crippen LogP contribution in [0.1, 0.15) is 0 Å². The number of rotatable bonds is 2. The van der Waals surface area contributed by atoms with E-state index in [1.807, 2.05) is 0 Å². The lowest BCUT2D eigenvalue weighted by molar-refractivity contribution is -0.268. The van der Waals surface area contributed by atoms with E-state index in [1.165, 1.54) is 0 Å². The summed E-state index contributed by atoms with van der Waals surface area (Å²) in [7, 11) is 0.